The van der Waals surface area contributed by atoms with E-state index in [9.17, 15) is 14.4 Å². The van der Waals surface area contributed by atoms with E-state index in [-0.39, 0.29) is 29.1 Å². The molecule has 0 bridgehead atoms. The van der Waals surface area contributed by atoms with Gasteiger partial charge in [-0.05, 0) is 43.5 Å². The summed E-state index contributed by atoms with van der Waals surface area (Å²) in [6.07, 6.45) is 0.633. The van der Waals surface area contributed by atoms with Gasteiger partial charge in [-0.15, -0.1) is 0 Å². The molecule has 1 saturated heterocycles. The summed E-state index contributed by atoms with van der Waals surface area (Å²) in [6.45, 7) is 7.25. The lowest BCUT2D eigenvalue weighted by Gasteiger charge is -2.33. The molecule has 188 valence electrons. The number of benzene rings is 2. The third-order valence-corrected chi connectivity index (χ3v) is 7.11. The van der Waals surface area contributed by atoms with Gasteiger partial charge in [0.2, 0.25) is 5.91 Å². The van der Waals surface area contributed by atoms with E-state index in [1.165, 1.54) is 18.7 Å². The molecule has 0 spiro atoms. The number of hydrogen-bond donors (Lipinski definition) is 0. The van der Waals surface area contributed by atoms with E-state index in [0.717, 1.165) is 5.56 Å². The molecule has 36 heavy (non-hydrogen) atoms. The van der Waals surface area contributed by atoms with Gasteiger partial charge in [-0.25, -0.2) is 9.79 Å². The lowest BCUT2D eigenvalue weighted by atomic mass is 9.93. The van der Waals surface area contributed by atoms with Gasteiger partial charge in [0, 0.05) is 6.92 Å². The van der Waals surface area contributed by atoms with Gasteiger partial charge < -0.3 is 14.2 Å². The zero-order valence-corrected chi connectivity index (χ0v) is 21.5. The number of nitrogens with zero attached hydrogens (tertiary/aromatic N) is 2. The van der Waals surface area contributed by atoms with Crippen LogP contribution in [-0.4, -0.2) is 39.8 Å². The Labute approximate surface area is 214 Å². The van der Waals surface area contributed by atoms with Gasteiger partial charge >= 0.3 is 11.9 Å². The molecule has 8 nitrogen and oxygen atoms in total. The molecule has 2 aromatic carbocycles. The highest BCUT2D eigenvalue weighted by atomic mass is 32.2. The van der Waals surface area contributed by atoms with Crippen molar-refractivity contribution < 1.29 is 28.6 Å². The Morgan fingerprint density at radius 1 is 1.08 bits per heavy atom. The maximum atomic E-state index is 13.4. The van der Waals surface area contributed by atoms with Crippen molar-refractivity contribution in [2.75, 3.05) is 6.61 Å². The van der Waals surface area contributed by atoms with Gasteiger partial charge in [0.25, 0.3) is 0 Å². The minimum Gasteiger partial charge on any atom is -0.490 e. The summed E-state index contributed by atoms with van der Waals surface area (Å²) in [7, 11) is 0. The average molecular weight is 509 g/mol. The van der Waals surface area contributed by atoms with E-state index >= 15 is 0 Å². The second-order valence-corrected chi connectivity index (χ2v) is 9.48. The molecule has 1 amide bonds. The number of carbonyl (C=O) groups is 3. The van der Waals surface area contributed by atoms with Gasteiger partial charge in [0.15, 0.2) is 16.7 Å². The summed E-state index contributed by atoms with van der Waals surface area (Å²) in [4.78, 5) is 44.6. The van der Waals surface area contributed by atoms with Crippen LogP contribution in [0.4, 0.5) is 0 Å². The van der Waals surface area contributed by atoms with Crippen LogP contribution in [0, 0.1) is 0 Å². The number of aliphatic imine (C=N–C) groups is 1. The van der Waals surface area contributed by atoms with Gasteiger partial charge in [-0.2, -0.15) is 0 Å². The number of rotatable bonds is 8. The smallest absolute Gasteiger partial charge is 0.338 e. The van der Waals surface area contributed by atoms with E-state index in [1.807, 2.05) is 44.2 Å². The van der Waals surface area contributed by atoms with Crippen LogP contribution >= 0.6 is 11.8 Å². The lowest BCUT2D eigenvalue weighted by Crippen LogP contribution is -2.40. The monoisotopic (exact) mass is 508 g/mol. The highest BCUT2D eigenvalue weighted by Crippen LogP contribution is 2.45. The first-order valence-corrected chi connectivity index (χ1v) is 12.7. The zero-order valence-electron chi connectivity index (χ0n) is 20.6. The predicted octanol–water partition coefficient (Wildman–Crippen LogP) is 4.79. The molecule has 1 fully saturated rings. The van der Waals surface area contributed by atoms with Crippen molar-refractivity contribution in [2.45, 2.75) is 52.0 Å². The van der Waals surface area contributed by atoms with Crippen molar-refractivity contribution in [1.82, 2.24) is 4.90 Å². The number of esters is 2. The Morgan fingerprint density at radius 3 is 2.50 bits per heavy atom. The van der Waals surface area contributed by atoms with Crippen LogP contribution in [-0.2, 0) is 25.7 Å². The summed E-state index contributed by atoms with van der Waals surface area (Å²) in [5, 5.41) is 0.265. The standard InChI is InChI=1S/C27H28N2O6S/c1-5-22-25(31)29-24(19-12-13-20(35-17(4)30)21(14-19)33-6-2)23(16(3)28-27(29)36-22)26(32)34-15-18-10-8-7-9-11-18/h7-14,22,24H,5-6,15H2,1-4H3. The highest BCUT2D eigenvalue weighted by Gasteiger charge is 2.47. The molecule has 2 atom stereocenters. The largest absolute Gasteiger partial charge is 0.490 e. The zero-order chi connectivity index (χ0) is 25.8. The molecule has 2 aliphatic rings. The maximum absolute atomic E-state index is 13.4. The van der Waals surface area contributed by atoms with E-state index in [2.05, 4.69) is 4.99 Å². The topological polar surface area (TPSA) is 94.5 Å². The molecular formula is C27H28N2O6S. The number of allylic oxidation sites excluding steroid dienone is 1. The molecule has 2 aliphatic heterocycles. The molecule has 0 aromatic heterocycles. The summed E-state index contributed by atoms with van der Waals surface area (Å²) in [6, 6.07) is 13.7. The van der Waals surface area contributed by atoms with E-state index in [4.69, 9.17) is 14.2 Å². The highest BCUT2D eigenvalue weighted by molar-refractivity contribution is 8.15. The van der Waals surface area contributed by atoms with Crippen LogP contribution in [0.25, 0.3) is 0 Å². The number of hydrogen-bond acceptors (Lipinski definition) is 8. The third-order valence-electron chi connectivity index (χ3n) is 5.79. The lowest BCUT2D eigenvalue weighted by molar-refractivity contribution is -0.141. The molecule has 9 heteroatoms. The first kappa shape index (κ1) is 25.5. The number of amides is 1. The molecule has 0 radical (unpaired) electrons. The maximum Gasteiger partial charge on any atom is 0.338 e. The molecule has 2 unspecified atom stereocenters. The molecule has 0 N–H and O–H groups in total. The fourth-order valence-electron chi connectivity index (χ4n) is 4.17. The molecule has 0 saturated carbocycles. The Kier molecular flexibility index (Phi) is 7.79. The fourth-order valence-corrected chi connectivity index (χ4v) is 5.30. The quantitative estimate of drug-likeness (QED) is 0.374. The van der Waals surface area contributed by atoms with Crippen LogP contribution in [0.5, 0.6) is 11.5 Å². The number of carbonyl (C=O) groups excluding carboxylic acids is 3. The van der Waals surface area contributed by atoms with Crippen molar-refractivity contribution in [2.24, 2.45) is 4.99 Å². The summed E-state index contributed by atoms with van der Waals surface area (Å²) in [5.41, 5.74) is 2.24. The Balaban J connectivity index is 1.76. The Morgan fingerprint density at radius 2 is 1.83 bits per heavy atom. The first-order chi connectivity index (χ1) is 17.3. The predicted molar refractivity (Wildman–Crippen MR) is 137 cm³/mol. The van der Waals surface area contributed by atoms with E-state index in [1.54, 1.807) is 30.0 Å². The van der Waals surface area contributed by atoms with Crippen LogP contribution in [0.1, 0.15) is 51.3 Å². The first-order valence-electron chi connectivity index (χ1n) is 11.8. The minimum absolute atomic E-state index is 0.0929. The normalized spacial score (nSPS) is 19.1. The van der Waals surface area contributed by atoms with Gasteiger partial charge in [-0.1, -0.05) is 55.1 Å². The van der Waals surface area contributed by atoms with Gasteiger partial charge in [0.1, 0.15) is 6.61 Å². The fraction of sp³-hybridized carbons (Fsp3) is 0.333. The van der Waals surface area contributed by atoms with Crippen molar-refractivity contribution in [3.8, 4) is 11.5 Å². The number of amidine groups is 1. The average Bonchev–Trinajstić information content (AvgIpc) is 3.18. The van der Waals surface area contributed by atoms with Crippen molar-refractivity contribution in [3.05, 3.63) is 70.9 Å². The van der Waals surface area contributed by atoms with Crippen LogP contribution in [0.15, 0.2) is 64.8 Å². The number of fused-ring (bicyclic) bond motifs is 1. The molecule has 2 heterocycles. The van der Waals surface area contributed by atoms with Crippen molar-refractivity contribution >= 4 is 34.8 Å². The van der Waals surface area contributed by atoms with Crippen molar-refractivity contribution in [3.63, 3.8) is 0 Å². The Hall–Kier alpha value is -3.59. The second-order valence-electron chi connectivity index (χ2n) is 8.31. The SMILES string of the molecule is CCOc1cc(C2C(C(=O)OCc3ccccc3)=C(C)N=C3SC(CC)C(=O)N32)ccc1OC(C)=O. The summed E-state index contributed by atoms with van der Waals surface area (Å²) >= 11 is 1.39. The van der Waals surface area contributed by atoms with E-state index < -0.39 is 18.0 Å². The van der Waals surface area contributed by atoms with Gasteiger partial charge in [0.05, 0.1) is 29.2 Å². The molecule has 0 aliphatic carbocycles. The van der Waals surface area contributed by atoms with Crippen LogP contribution < -0.4 is 9.47 Å². The molecule has 2 aromatic rings. The minimum atomic E-state index is -0.761. The number of ether oxygens (including phenoxy) is 3. The molecular weight excluding hydrogens is 480 g/mol. The number of thioether (sulfide) groups is 1. The molecule has 4 rings (SSSR count). The summed E-state index contributed by atoms with van der Waals surface area (Å²) < 4.78 is 16.7. The van der Waals surface area contributed by atoms with E-state index in [0.29, 0.717) is 35.2 Å². The second kappa shape index (κ2) is 11.0. The van der Waals surface area contributed by atoms with Crippen molar-refractivity contribution in [1.29, 1.82) is 0 Å². The van der Waals surface area contributed by atoms with Crippen LogP contribution in [0.3, 0.4) is 0 Å². The summed E-state index contributed by atoms with van der Waals surface area (Å²) in [5.74, 6) is -0.540. The Bertz CT molecular complexity index is 1240. The third kappa shape index (κ3) is 5.16. The van der Waals surface area contributed by atoms with Crippen LogP contribution in [0.2, 0.25) is 0 Å². The van der Waals surface area contributed by atoms with Gasteiger partial charge in [-0.3, -0.25) is 14.5 Å².